The summed E-state index contributed by atoms with van der Waals surface area (Å²) in [6.07, 6.45) is 2.51. The molecule has 126 valence electrons. The lowest BCUT2D eigenvalue weighted by molar-refractivity contribution is 0.403. The van der Waals surface area contributed by atoms with Gasteiger partial charge in [0.1, 0.15) is 0 Å². The van der Waals surface area contributed by atoms with E-state index in [1.165, 1.54) is 52.4 Å². The fourth-order valence-corrected chi connectivity index (χ4v) is 5.70. The number of hydrogen-bond donors (Lipinski definition) is 1. The van der Waals surface area contributed by atoms with E-state index in [0.717, 1.165) is 18.7 Å². The van der Waals surface area contributed by atoms with Gasteiger partial charge in [-0.1, -0.05) is 12.1 Å². The zero-order chi connectivity index (χ0) is 16.8. The maximum Gasteiger partial charge on any atom is 0.0991 e. The zero-order valence-corrected chi connectivity index (χ0v) is 15.0. The molecule has 0 aliphatic carbocycles. The highest BCUT2D eigenvalue weighted by Crippen LogP contribution is 2.51. The van der Waals surface area contributed by atoms with E-state index >= 15 is 0 Å². The first-order chi connectivity index (χ1) is 12.3. The number of fused-ring (bicyclic) bond motifs is 3. The van der Waals surface area contributed by atoms with Crippen molar-refractivity contribution in [3.05, 3.63) is 47.5 Å². The standard InChI is InChI=1S/C21H21N3S/c22-12-14-2-4-15(5-3-14)16-10-17-18-13-23-7-6-19(18)24-8-1-9-25-20(11-16)21(17)24/h2-5,10-11,18-19,23H,1,6-9,13H2/t18-,19-/m1/s1. The third-order valence-corrected chi connectivity index (χ3v) is 6.90. The highest BCUT2D eigenvalue weighted by molar-refractivity contribution is 7.99. The normalized spacial score (nSPS) is 24.2. The SMILES string of the molecule is N#Cc1ccc(-c2cc3c4c(c2)[C@H]2CNCC[C@H]2N4CCCS3)cc1. The van der Waals surface area contributed by atoms with Crippen molar-refractivity contribution >= 4 is 17.4 Å². The minimum Gasteiger partial charge on any atom is -0.367 e. The first-order valence-electron chi connectivity index (χ1n) is 9.14. The quantitative estimate of drug-likeness (QED) is 0.847. The molecule has 0 aromatic heterocycles. The van der Waals surface area contributed by atoms with E-state index in [1.54, 1.807) is 0 Å². The number of nitriles is 1. The third-order valence-electron chi connectivity index (χ3n) is 5.79. The van der Waals surface area contributed by atoms with E-state index in [-0.39, 0.29) is 0 Å². The Morgan fingerprint density at radius 3 is 2.88 bits per heavy atom. The van der Waals surface area contributed by atoms with E-state index in [1.807, 2.05) is 23.9 Å². The average Bonchev–Trinajstić information content (AvgIpc) is 2.83. The van der Waals surface area contributed by atoms with E-state index in [2.05, 4.69) is 40.6 Å². The Morgan fingerprint density at radius 2 is 2.04 bits per heavy atom. The Morgan fingerprint density at radius 1 is 1.16 bits per heavy atom. The minimum atomic E-state index is 0.611. The largest absolute Gasteiger partial charge is 0.367 e. The summed E-state index contributed by atoms with van der Waals surface area (Å²) in [6, 6.07) is 15.7. The average molecular weight is 347 g/mol. The highest BCUT2D eigenvalue weighted by atomic mass is 32.2. The van der Waals surface area contributed by atoms with Crippen molar-refractivity contribution in [3.8, 4) is 17.2 Å². The van der Waals surface area contributed by atoms with Gasteiger partial charge in [0.05, 0.1) is 17.3 Å². The molecule has 4 heteroatoms. The number of nitrogens with zero attached hydrogens (tertiary/aromatic N) is 2. The third kappa shape index (κ3) is 2.46. The van der Waals surface area contributed by atoms with Gasteiger partial charge in [0.15, 0.2) is 0 Å². The second-order valence-electron chi connectivity index (χ2n) is 7.16. The molecule has 3 aliphatic rings. The van der Waals surface area contributed by atoms with Crippen molar-refractivity contribution in [2.45, 2.75) is 29.7 Å². The molecule has 2 aromatic rings. The molecule has 3 aliphatic heterocycles. The molecule has 0 radical (unpaired) electrons. The molecule has 1 N–H and O–H groups in total. The second-order valence-corrected chi connectivity index (χ2v) is 8.30. The lowest BCUT2D eigenvalue weighted by atomic mass is 9.88. The van der Waals surface area contributed by atoms with Gasteiger partial charge in [0.25, 0.3) is 0 Å². The molecular weight excluding hydrogens is 326 g/mol. The molecule has 0 spiro atoms. The summed E-state index contributed by atoms with van der Waals surface area (Å²) in [7, 11) is 0. The number of thioether (sulfide) groups is 1. The van der Waals surface area contributed by atoms with Crippen LogP contribution in [0.3, 0.4) is 0 Å². The molecule has 0 amide bonds. The van der Waals surface area contributed by atoms with Crippen molar-refractivity contribution < 1.29 is 0 Å². The van der Waals surface area contributed by atoms with Crippen LogP contribution < -0.4 is 10.2 Å². The van der Waals surface area contributed by atoms with E-state index in [0.29, 0.717) is 12.0 Å². The lowest BCUT2D eigenvalue weighted by Gasteiger charge is -2.33. The van der Waals surface area contributed by atoms with Crippen molar-refractivity contribution in [1.29, 1.82) is 5.26 Å². The molecule has 3 nitrogen and oxygen atoms in total. The minimum absolute atomic E-state index is 0.611. The molecule has 0 unspecified atom stereocenters. The molecule has 5 rings (SSSR count). The number of anilines is 1. The van der Waals surface area contributed by atoms with Crippen LogP contribution in [0.4, 0.5) is 5.69 Å². The first kappa shape index (κ1) is 15.3. The lowest BCUT2D eigenvalue weighted by Crippen LogP contribution is -2.44. The van der Waals surface area contributed by atoms with E-state index in [9.17, 15) is 0 Å². The molecular formula is C21H21N3S. The van der Waals surface area contributed by atoms with Crippen molar-refractivity contribution in [1.82, 2.24) is 5.32 Å². The monoisotopic (exact) mass is 347 g/mol. The fourth-order valence-electron chi connectivity index (χ4n) is 4.63. The highest BCUT2D eigenvalue weighted by Gasteiger charge is 2.41. The maximum atomic E-state index is 9.04. The summed E-state index contributed by atoms with van der Waals surface area (Å²) >= 11 is 2.01. The smallest absolute Gasteiger partial charge is 0.0991 e. The fraction of sp³-hybridized carbons (Fsp3) is 0.381. The summed E-state index contributed by atoms with van der Waals surface area (Å²) < 4.78 is 0. The van der Waals surface area contributed by atoms with Gasteiger partial charge in [-0.2, -0.15) is 5.26 Å². The molecule has 2 atom stereocenters. The van der Waals surface area contributed by atoms with Gasteiger partial charge in [-0.25, -0.2) is 0 Å². The summed E-state index contributed by atoms with van der Waals surface area (Å²) in [5.41, 5.74) is 6.27. The molecule has 0 bridgehead atoms. The molecule has 0 saturated carbocycles. The van der Waals surface area contributed by atoms with Gasteiger partial charge in [-0.05, 0) is 66.1 Å². The Bertz CT molecular complexity index is 853. The van der Waals surface area contributed by atoms with Gasteiger partial charge in [0.2, 0.25) is 0 Å². The number of benzene rings is 2. The number of piperidine rings is 1. The van der Waals surface area contributed by atoms with Crippen LogP contribution in [-0.4, -0.2) is 31.4 Å². The van der Waals surface area contributed by atoms with Crippen molar-refractivity contribution in [2.24, 2.45) is 0 Å². The summed E-state index contributed by atoms with van der Waals surface area (Å²) in [5, 5.41) is 12.6. The predicted octanol–water partition coefficient (Wildman–Crippen LogP) is 3.99. The number of hydrogen-bond acceptors (Lipinski definition) is 4. The molecule has 25 heavy (non-hydrogen) atoms. The van der Waals surface area contributed by atoms with Crippen LogP contribution in [0.2, 0.25) is 0 Å². The van der Waals surface area contributed by atoms with Gasteiger partial charge in [-0.3, -0.25) is 0 Å². The Labute approximate surface area is 153 Å². The van der Waals surface area contributed by atoms with Crippen LogP contribution in [0.15, 0.2) is 41.3 Å². The summed E-state index contributed by atoms with van der Waals surface area (Å²) in [5.74, 6) is 1.81. The topological polar surface area (TPSA) is 39.1 Å². The van der Waals surface area contributed by atoms with Crippen LogP contribution in [0.5, 0.6) is 0 Å². The number of nitrogens with one attached hydrogen (secondary N) is 1. The van der Waals surface area contributed by atoms with Crippen LogP contribution in [0, 0.1) is 11.3 Å². The molecule has 1 fully saturated rings. The Kier molecular flexibility index (Phi) is 3.73. The maximum absolute atomic E-state index is 9.04. The van der Waals surface area contributed by atoms with Crippen LogP contribution in [-0.2, 0) is 0 Å². The first-order valence-corrected chi connectivity index (χ1v) is 10.1. The van der Waals surface area contributed by atoms with Crippen molar-refractivity contribution in [3.63, 3.8) is 0 Å². The predicted molar refractivity (Wildman–Crippen MR) is 103 cm³/mol. The molecule has 3 heterocycles. The van der Waals surface area contributed by atoms with Gasteiger partial charge in [-0.15, -0.1) is 11.8 Å². The number of rotatable bonds is 1. The summed E-state index contributed by atoms with van der Waals surface area (Å²) in [6.45, 7) is 3.43. The van der Waals surface area contributed by atoms with Gasteiger partial charge >= 0.3 is 0 Å². The van der Waals surface area contributed by atoms with Crippen molar-refractivity contribution in [2.75, 3.05) is 30.3 Å². The Hall–Kier alpha value is -1.96. The summed E-state index contributed by atoms with van der Waals surface area (Å²) in [4.78, 5) is 4.16. The van der Waals surface area contributed by atoms with Gasteiger partial charge < -0.3 is 10.2 Å². The van der Waals surface area contributed by atoms with E-state index < -0.39 is 0 Å². The van der Waals surface area contributed by atoms with Gasteiger partial charge in [0, 0.05) is 29.9 Å². The second kappa shape index (κ2) is 6.09. The van der Waals surface area contributed by atoms with Crippen LogP contribution >= 0.6 is 11.8 Å². The molecule has 2 aromatic carbocycles. The Balaban J connectivity index is 1.65. The molecule has 1 saturated heterocycles. The zero-order valence-electron chi connectivity index (χ0n) is 14.2. The van der Waals surface area contributed by atoms with E-state index in [4.69, 9.17) is 5.26 Å². The van der Waals surface area contributed by atoms with Crippen LogP contribution in [0.25, 0.3) is 11.1 Å². The van der Waals surface area contributed by atoms with Crippen LogP contribution in [0.1, 0.15) is 29.9 Å².